The summed E-state index contributed by atoms with van der Waals surface area (Å²) in [7, 11) is 0. The highest BCUT2D eigenvalue weighted by Crippen LogP contribution is 2.09. The van der Waals surface area contributed by atoms with Crippen LogP contribution in [-0.2, 0) is 0 Å². The average Bonchev–Trinajstić information content (AvgIpc) is 2.33. The first-order valence-electron chi connectivity index (χ1n) is 2.95. The van der Waals surface area contributed by atoms with Gasteiger partial charge in [0.25, 0.3) is 0 Å². The molecule has 2 nitrogen and oxygen atoms in total. The second-order valence-corrected chi connectivity index (χ2v) is 2.05. The summed E-state index contributed by atoms with van der Waals surface area (Å²) in [6, 6.07) is 0.384. The Kier molecular flexibility index (Phi) is 0.859. The van der Waals surface area contributed by atoms with Crippen molar-refractivity contribution in [3.63, 3.8) is 0 Å². The molecule has 1 atom stereocenters. The lowest BCUT2D eigenvalue weighted by Gasteiger charge is -2.21. The van der Waals surface area contributed by atoms with Gasteiger partial charge in [0.1, 0.15) is 0 Å². The van der Waals surface area contributed by atoms with E-state index in [1.807, 2.05) is 29.4 Å². The molecule has 1 unspecified atom stereocenters. The first kappa shape index (κ1) is 4.68. The van der Waals surface area contributed by atoms with Crippen LogP contribution in [0.25, 0.3) is 0 Å². The summed E-state index contributed by atoms with van der Waals surface area (Å²) in [4.78, 5) is 0. The van der Waals surface area contributed by atoms with Crippen molar-refractivity contribution in [3.8, 4) is 0 Å². The number of nitrogens with one attached hydrogen (secondary N) is 1. The molecule has 2 heterocycles. The summed E-state index contributed by atoms with van der Waals surface area (Å²) in [5.74, 6) is 0. The molecule has 0 spiro atoms. The minimum atomic E-state index is 0.384. The summed E-state index contributed by atoms with van der Waals surface area (Å²) in [6.07, 6.45) is 13.0. The van der Waals surface area contributed by atoms with Crippen molar-refractivity contribution in [1.82, 2.24) is 10.4 Å². The standard InChI is InChI=1S/C7H7N2/c1-2-6-9-7(3-1)4-5-8-9/h1-4,6-8H. The van der Waals surface area contributed by atoms with E-state index >= 15 is 0 Å². The zero-order valence-electron chi connectivity index (χ0n) is 4.91. The number of hydrogen-bond acceptors (Lipinski definition) is 2. The Morgan fingerprint density at radius 2 is 2.44 bits per heavy atom. The van der Waals surface area contributed by atoms with Gasteiger partial charge in [0.15, 0.2) is 0 Å². The molecule has 45 valence electrons. The summed E-state index contributed by atoms with van der Waals surface area (Å²) < 4.78 is 0. The van der Waals surface area contributed by atoms with Gasteiger partial charge < -0.3 is 0 Å². The van der Waals surface area contributed by atoms with Crippen LogP contribution in [0.15, 0.2) is 30.5 Å². The zero-order chi connectivity index (χ0) is 6.10. The number of nitrogens with zero attached hydrogens (tertiary/aromatic N) is 1. The van der Waals surface area contributed by atoms with Gasteiger partial charge in [-0.25, -0.2) is 0 Å². The predicted octanol–water partition coefficient (Wildman–Crippen LogP) is 0.576. The molecule has 1 N–H and O–H groups in total. The normalized spacial score (nSPS) is 28.4. The second-order valence-electron chi connectivity index (χ2n) is 2.05. The largest absolute Gasteiger partial charge is 0.296 e. The maximum Gasteiger partial charge on any atom is 0.0885 e. The molecule has 2 aliphatic heterocycles. The molecule has 2 aliphatic rings. The summed E-state index contributed by atoms with van der Waals surface area (Å²) in [5, 5.41) is 1.99. The fourth-order valence-corrected chi connectivity index (χ4v) is 0.957. The van der Waals surface area contributed by atoms with Gasteiger partial charge in [-0.05, 0) is 12.2 Å². The Labute approximate surface area is 54.1 Å². The topological polar surface area (TPSA) is 15.3 Å². The molecular formula is C7H7N2. The SMILES string of the molecule is [C]1=CC2C=CC=CN2N1. The molecule has 0 bridgehead atoms. The van der Waals surface area contributed by atoms with Crippen LogP contribution in [0.3, 0.4) is 0 Å². The number of fused-ring (bicyclic) bond motifs is 1. The van der Waals surface area contributed by atoms with Crippen LogP contribution >= 0.6 is 0 Å². The van der Waals surface area contributed by atoms with Gasteiger partial charge in [0.2, 0.25) is 0 Å². The highest BCUT2D eigenvalue weighted by Gasteiger charge is 2.13. The van der Waals surface area contributed by atoms with Crippen LogP contribution in [-0.4, -0.2) is 11.1 Å². The Bertz CT molecular complexity index is 191. The van der Waals surface area contributed by atoms with E-state index in [2.05, 4.69) is 17.7 Å². The van der Waals surface area contributed by atoms with Gasteiger partial charge in [-0.15, -0.1) is 0 Å². The zero-order valence-corrected chi connectivity index (χ0v) is 4.91. The van der Waals surface area contributed by atoms with Gasteiger partial charge in [-0.3, -0.25) is 10.4 Å². The van der Waals surface area contributed by atoms with E-state index in [1.165, 1.54) is 0 Å². The highest BCUT2D eigenvalue weighted by molar-refractivity contribution is 5.19. The molecule has 0 saturated carbocycles. The van der Waals surface area contributed by atoms with Gasteiger partial charge in [-0.2, -0.15) is 0 Å². The average molecular weight is 119 g/mol. The Morgan fingerprint density at radius 1 is 1.44 bits per heavy atom. The molecule has 1 radical (unpaired) electrons. The van der Waals surface area contributed by atoms with E-state index in [1.54, 1.807) is 0 Å². The fraction of sp³-hybridized carbons (Fsp3) is 0.143. The van der Waals surface area contributed by atoms with Crippen LogP contribution in [0.5, 0.6) is 0 Å². The van der Waals surface area contributed by atoms with E-state index in [0.29, 0.717) is 6.04 Å². The molecule has 2 heteroatoms. The van der Waals surface area contributed by atoms with Crippen molar-refractivity contribution in [2.75, 3.05) is 0 Å². The van der Waals surface area contributed by atoms with Crippen LogP contribution in [0, 0.1) is 6.20 Å². The van der Waals surface area contributed by atoms with Gasteiger partial charge >= 0.3 is 0 Å². The monoisotopic (exact) mass is 119 g/mol. The van der Waals surface area contributed by atoms with Crippen molar-refractivity contribution in [1.29, 1.82) is 0 Å². The third-order valence-electron chi connectivity index (χ3n) is 1.44. The Morgan fingerprint density at radius 3 is 3.33 bits per heavy atom. The Balaban J connectivity index is 2.25. The third-order valence-corrected chi connectivity index (χ3v) is 1.44. The molecule has 0 saturated heterocycles. The lowest BCUT2D eigenvalue weighted by atomic mass is 10.2. The van der Waals surface area contributed by atoms with E-state index in [-0.39, 0.29) is 0 Å². The maximum absolute atomic E-state index is 2.95. The van der Waals surface area contributed by atoms with Crippen molar-refractivity contribution in [3.05, 3.63) is 36.7 Å². The van der Waals surface area contributed by atoms with Crippen LogP contribution < -0.4 is 5.43 Å². The predicted molar refractivity (Wildman–Crippen MR) is 34.9 cm³/mol. The molecule has 0 aromatic carbocycles. The van der Waals surface area contributed by atoms with E-state index in [0.717, 1.165) is 0 Å². The van der Waals surface area contributed by atoms with Gasteiger partial charge in [0, 0.05) is 6.20 Å². The lowest BCUT2D eigenvalue weighted by molar-refractivity contribution is 0.320. The molecule has 0 aliphatic carbocycles. The second kappa shape index (κ2) is 1.65. The van der Waals surface area contributed by atoms with Crippen LogP contribution in [0.4, 0.5) is 0 Å². The molecule has 0 amide bonds. The smallest absolute Gasteiger partial charge is 0.0885 e. The third kappa shape index (κ3) is 0.633. The van der Waals surface area contributed by atoms with Crippen LogP contribution in [0.1, 0.15) is 0 Å². The van der Waals surface area contributed by atoms with Crippen molar-refractivity contribution in [2.45, 2.75) is 6.04 Å². The summed E-state index contributed by atoms with van der Waals surface area (Å²) in [6.45, 7) is 0. The van der Waals surface area contributed by atoms with Crippen LogP contribution in [0.2, 0.25) is 0 Å². The maximum atomic E-state index is 2.95. The molecule has 2 rings (SSSR count). The van der Waals surface area contributed by atoms with Crippen molar-refractivity contribution < 1.29 is 0 Å². The molecule has 9 heavy (non-hydrogen) atoms. The first-order chi connectivity index (χ1) is 4.47. The Hall–Kier alpha value is -1.18. The van der Waals surface area contributed by atoms with E-state index in [9.17, 15) is 0 Å². The fourth-order valence-electron chi connectivity index (χ4n) is 0.957. The highest BCUT2D eigenvalue weighted by atomic mass is 15.5. The number of allylic oxidation sites excluding steroid dienone is 2. The van der Waals surface area contributed by atoms with Gasteiger partial charge in [-0.1, -0.05) is 12.2 Å². The first-order valence-corrected chi connectivity index (χ1v) is 2.95. The molecule has 0 aromatic rings. The number of rotatable bonds is 0. The quantitative estimate of drug-likeness (QED) is 0.501. The molecular weight excluding hydrogens is 112 g/mol. The van der Waals surface area contributed by atoms with Crippen molar-refractivity contribution in [2.24, 2.45) is 0 Å². The van der Waals surface area contributed by atoms with Gasteiger partial charge in [0.05, 0.1) is 12.2 Å². The number of hydrogen-bond donors (Lipinski definition) is 1. The van der Waals surface area contributed by atoms with E-state index in [4.69, 9.17) is 0 Å². The number of hydrazine groups is 1. The lowest BCUT2D eigenvalue weighted by Crippen LogP contribution is -2.32. The summed E-state index contributed by atoms with van der Waals surface area (Å²) >= 11 is 0. The van der Waals surface area contributed by atoms with E-state index < -0.39 is 0 Å². The minimum Gasteiger partial charge on any atom is -0.296 e. The molecule has 0 fully saturated rings. The minimum absolute atomic E-state index is 0.384. The summed E-state index contributed by atoms with van der Waals surface area (Å²) in [5.41, 5.74) is 2.95. The molecule has 0 aromatic heterocycles. The van der Waals surface area contributed by atoms with Crippen molar-refractivity contribution >= 4 is 0 Å².